The molecule has 3 nitrogen and oxygen atoms in total. The summed E-state index contributed by atoms with van der Waals surface area (Å²) in [6.07, 6.45) is 3.40. The van der Waals surface area contributed by atoms with Crippen molar-refractivity contribution in [3.05, 3.63) is 20.8 Å². The minimum atomic E-state index is 0.160. The first-order valence-corrected chi connectivity index (χ1v) is 8.15. The molecular formula is C13H19BrN2OS. The molecule has 1 unspecified atom stereocenters. The maximum atomic E-state index is 12.5. The Labute approximate surface area is 121 Å². The van der Waals surface area contributed by atoms with Crippen LogP contribution in [0.5, 0.6) is 0 Å². The summed E-state index contributed by atoms with van der Waals surface area (Å²) >= 11 is 4.96. The first-order valence-electron chi connectivity index (χ1n) is 6.48. The number of carbonyl (C=O) groups is 1. The summed E-state index contributed by atoms with van der Waals surface area (Å²) in [5.74, 6) is 0.160. The van der Waals surface area contributed by atoms with Gasteiger partial charge in [0.05, 0.1) is 0 Å². The molecule has 0 aliphatic carbocycles. The smallest absolute Gasteiger partial charge is 0.265 e. The zero-order valence-electron chi connectivity index (χ0n) is 10.6. The van der Waals surface area contributed by atoms with Gasteiger partial charge in [-0.1, -0.05) is 6.92 Å². The summed E-state index contributed by atoms with van der Waals surface area (Å²) in [4.78, 5) is 15.3. The normalized spacial score (nSPS) is 19.1. The Hall–Kier alpha value is -0.390. The highest BCUT2D eigenvalue weighted by Crippen LogP contribution is 2.24. The zero-order chi connectivity index (χ0) is 13.0. The molecule has 1 atom stereocenters. The van der Waals surface area contributed by atoms with E-state index < -0.39 is 0 Å². The van der Waals surface area contributed by atoms with E-state index in [4.69, 9.17) is 0 Å². The minimum absolute atomic E-state index is 0.160. The molecule has 2 rings (SSSR count). The van der Waals surface area contributed by atoms with Crippen LogP contribution in [0.3, 0.4) is 0 Å². The number of rotatable bonds is 5. The second-order valence-electron chi connectivity index (χ2n) is 4.64. The van der Waals surface area contributed by atoms with E-state index in [-0.39, 0.29) is 5.91 Å². The summed E-state index contributed by atoms with van der Waals surface area (Å²) in [6, 6.07) is 2.41. The lowest BCUT2D eigenvalue weighted by Gasteiger charge is -2.25. The van der Waals surface area contributed by atoms with Crippen LogP contribution in [0.15, 0.2) is 15.9 Å². The van der Waals surface area contributed by atoms with Crippen LogP contribution in [0.4, 0.5) is 0 Å². The number of hydrogen-bond donors (Lipinski definition) is 1. The van der Waals surface area contributed by atoms with E-state index in [0.717, 1.165) is 35.4 Å². The van der Waals surface area contributed by atoms with Crippen LogP contribution in [0.1, 0.15) is 35.9 Å². The van der Waals surface area contributed by atoms with Crippen molar-refractivity contribution in [2.45, 2.75) is 32.2 Å². The van der Waals surface area contributed by atoms with Crippen molar-refractivity contribution < 1.29 is 4.79 Å². The highest BCUT2D eigenvalue weighted by Gasteiger charge is 2.23. The number of nitrogens with zero attached hydrogens (tertiary/aromatic N) is 1. The van der Waals surface area contributed by atoms with Gasteiger partial charge < -0.3 is 10.2 Å². The maximum absolute atomic E-state index is 12.5. The largest absolute Gasteiger partial charge is 0.336 e. The molecular weight excluding hydrogens is 312 g/mol. The lowest BCUT2D eigenvalue weighted by molar-refractivity contribution is 0.0746. The van der Waals surface area contributed by atoms with Crippen LogP contribution in [-0.4, -0.2) is 36.5 Å². The number of halogens is 1. The van der Waals surface area contributed by atoms with Crippen molar-refractivity contribution in [3.63, 3.8) is 0 Å². The molecule has 1 aliphatic rings. The third-order valence-corrected chi connectivity index (χ3v) is 5.02. The van der Waals surface area contributed by atoms with Gasteiger partial charge in [-0.15, -0.1) is 11.3 Å². The van der Waals surface area contributed by atoms with Gasteiger partial charge >= 0.3 is 0 Å². The van der Waals surface area contributed by atoms with Crippen molar-refractivity contribution in [3.8, 4) is 0 Å². The van der Waals surface area contributed by atoms with E-state index in [1.807, 2.05) is 16.3 Å². The molecule has 0 aromatic carbocycles. The van der Waals surface area contributed by atoms with Gasteiger partial charge in [0.15, 0.2) is 0 Å². The molecule has 0 bridgehead atoms. The Kier molecular flexibility index (Phi) is 5.21. The molecule has 100 valence electrons. The molecule has 0 saturated carbocycles. The van der Waals surface area contributed by atoms with Gasteiger partial charge in [0.25, 0.3) is 5.91 Å². The van der Waals surface area contributed by atoms with Crippen molar-refractivity contribution in [1.29, 1.82) is 0 Å². The van der Waals surface area contributed by atoms with Crippen LogP contribution in [0.25, 0.3) is 0 Å². The van der Waals surface area contributed by atoms with Gasteiger partial charge in [0, 0.05) is 23.6 Å². The lowest BCUT2D eigenvalue weighted by atomic mass is 10.2. The molecule has 1 aromatic heterocycles. The lowest BCUT2D eigenvalue weighted by Crippen LogP contribution is -2.41. The molecule has 5 heteroatoms. The van der Waals surface area contributed by atoms with Crippen molar-refractivity contribution >= 4 is 33.2 Å². The van der Waals surface area contributed by atoms with Crippen LogP contribution < -0.4 is 5.32 Å². The summed E-state index contributed by atoms with van der Waals surface area (Å²) in [5, 5.41) is 5.41. The van der Waals surface area contributed by atoms with Gasteiger partial charge in [0.2, 0.25) is 0 Å². The summed E-state index contributed by atoms with van der Waals surface area (Å²) in [5.41, 5.74) is 0. The van der Waals surface area contributed by atoms with Crippen LogP contribution >= 0.6 is 27.3 Å². The average molecular weight is 331 g/mol. The highest BCUT2D eigenvalue weighted by molar-refractivity contribution is 9.10. The fourth-order valence-corrected chi connectivity index (χ4v) is 3.82. The summed E-state index contributed by atoms with van der Waals surface area (Å²) < 4.78 is 0.915. The van der Waals surface area contributed by atoms with E-state index in [0.29, 0.717) is 6.04 Å². The third kappa shape index (κ3) is 3.33. The van der Waals surface area contributed by atoms with Gasteiger partial charge in [0.1, 0.15) is 4.88 Å². The van der Waals surface area contributed by atoms with Crippen LogP contribution in [0, 0.1) is 0 Å². The number of carbonyl (C=O) groups excluding carboxylic acids is 1. The summed E-state index contributed by atoms with van der Waals surface area (Å²) in [7, 11) is 0. The van der Waals surface area contributed by atoms with Crippen LogP contribution in [-0.2, 0) is 0 Å². The fourth-order valence-electron chi connectivity index (χ4n) is 2.31. The van der Waals surface area contributed by atoms with Gasteiger partial charge in [-0.05, 0) is 53.2 Å². The second kappa shape index (κ2) is 6.68. The average Bonchev–Trinajstić information content (AvgIpc) is 2.99. The van der Waals surface area contributed by atoms with Gasteiger partial charge in [-0.25, -0.2) is 0 Å². The molecule has 0 radical (unpaired) electrons. The Morgan fingerprint density at radius 2 is 2.50 bits per heavy atom. The van der Waals surface area contributed by atoms with E-state index in [2.05, 4.69) is 28.2 Å². The topological polar surface area (TPSA) is 32.3 Å². The predicted octanol–water partition coefficient (Wildman–Crippen LogP) is 3.11. The standard InChI is InChI=1S/C13H19BrN2OS/c1-2-7-16(9-10-4-3-6-15-10)13(17)12-11(14)5-8-18-12/h5,8,10,15H,2-4,6-7,9H2,1H3. The fraction of sp³-hybridized carbons (Fsp3) is 0.615. The monoisotopic (exact) mass is 330 g/mol. The maximum Gasteiger partial charge on any atom is 0.265 e. The molecule has 2 heterocycles. The molecule has 1 aliphatic heterocycles. The van der Waals surface area contributed by atoms with Gasteiger partial charge in [-0.3, -0.25) is 4.79 Å². The van der Waals surface area contributed by atoms with E-state index in [1.54, 1.807) is 0 Å². The Morgan fingerprint density at radius 3 is 3.06 bits per heavy atom. The molecule has 1 fully saturated rings. The third-order valence-electron chi connectivity index (χ3n) is 3.20. The van der Waals surface area contributed by atoms with E-state index in [1.165, 1.54) is 24.2 Å². The number of amides is 1. The molecule has 1 amide bonds. The first kappa shape index (κ1) is 14.0. The van der Waals surface area contributed by atoms with E-state index in [9.17, 15) is 4.79 Å². The van der Waals surface area contributed by atoms with Crippen LogP contribution in [0.2, 0.25) is 0 Å². The first-order chi connectivity index (χ1) is 8.72. The van der Waals surface area contributed by atoms with Crippen molar-refractivity contribution in [2.24, 2.45) is 0 Å². The molecule has 1 saturated heterocycles. The number of hydrogen-bond acceptors (Lipinski definition) is 3. The van der Waals surface area contributed by atoms with E-state index >= 15 is 0 Å². The van der Waals surface area contributed by atoms with Crippen molar-refractivity contribution in [2.75, 3.05) is 19.6 Å². The Bertz CT molecular complexity index is 401. The predicted molar refractivity (Wildman–Crippen MR) is 79.2 cm³/mol. The number of thiophene rings is 1. The van der Waals surface area contributed by atoms with Gasteiger partial charge in [-0.2, -0.15) is 0 Å². The molecule has 1 N–H and O–H groups in total. The molecule has 1 aromatic rings. The number of nitrogens with one attached hydrogen (secondary N) is 1. The zero-order valence-corrected chi connectivity index (χ0v) is 13.0. The summed E-state index contributed by atoms with van der Waals surface area (Å²) in [6.45, 7) is 4.87. The SMILES string of the molecule is CCCN(CC1CCCN1)C(=O)c1sccc1Br. The van der Waals surface area contributed by atoms with Crippen molar-refractivity contribution in [1.82, 2.24) is 10.2 Å². The quantitative estimate of drug-likeness (QED) is 0.899. The Balaban J connectivity index is 2.04. The highest BCUT2D eigenvalue weighted by atomic mass is 79.9. The minimum Gasteiger partial charge on any atom is -0.336 e. The molecule has 0 spiro atoms. The second-order valence-corrected chi connectivity index (χ2v) is 6.41. The Morgan fingerprint density at radius 1 is 1.67 bits per heavy atom. The molecule has 18 heavy (non-hydrogen) atoms.